The van der Waals surface area contributed by atoms with Crippen molar-refractivity contribution in [3.05, 3.63) is 48.5 Å². The summed E-state index contributed by atoms with van der Waals surface area (Å²) in [5, 5.41) is 12.3. The summed E-state index contributed by atoms with van der Waals surface area (Å²) in [7, 11) is -9.88. The van der Waals surface area contributed by atoms with E-state index in [0.29, 0.717) is 13.2 Å². The summed E-state index contributed by atoms with van der Waals surface area (Å²) in [6.07, 6.45) is -0.681. The number of rotatable bonds is 9. The monoisotopic (exact) mass is 668 g/mol. The third-order valence-electron chi connectivity index (χ3n) is 4.81. The number of sulfonamides is 2. The number of nitrogen functional groups attached to an aromatic ring is 1. The molecule has 1 amide bonds. The molecule has 0 fully saturated rings. The van der Waals surface area contributed by atoms with E-state index in [2.05, 4.69) is 49.3 Å². The number of para-hydroxylation sites is 2. The molecule has 0 saturated heterocycles. The maximum atomic E-state index is 11.6. The molecule has 17 heteroatoms. The van der Waals surface area contributed by atoms with Crippen molar-refractivity contribution in [3.8, 4) is 0 Å². The number of halogens is 1. The molecule has 0 aliphatic heterocycles. The number of nitrogens with one attached hydrogen (secondary N) is 1. The van der Waals surface area contributed by atoms with Gasteiger partial charge in [-0.15, -0.1) is 0 Å². The van der Waals surface area contributed by atoms with E-state index in [-0.39, 0.29) is 21.2 Å². The van der Waals surface area contributed by atoms with Gasteiger partial charge in [-0.3, -0.25) is 5.32 Å². The van der Waals surface area contributed by atoms with Crippen molar-refractivity contribution in [2.24, 2.45) is 10.3 Å². The number of primary sulfonamides is 2. The molecule has 0 aliphatic rings. The highest BCUT2D eigenvalue weighted by Crippen LogP contribution is 2.19. The van der Waals surface area contributed by atoms with Crippen LogP contribution < -0.4 is 21.3 Å². The van der Waals surface area contributed by atoms with Crippen molar-refractivity contribution in [3.63, 3.8) is 0 Å². The van der Waals surface area contributed by atoms with Crippen molar-refractivity contribution >= 4 is 70.7 Å². The molecule has 0 atom stereocenters. The standard InChI is InChI=1S/C12H20N2O4SSi.C6H13ClO2Si.C6H8N2O2S/c1-20(2,3)9-8-18-12(15)14-10-6-4-5-7-11(10)19(13,16)17;1-10(2,3)5-4-9-6(7)8;7-5-3-1-2-4-6(5)11(8,9)10/h4-7H,8-9H2,1-3H3,(H,14,15)(H2,13,16,17);4-5H2,1-3H3;1-4H,7H2,(H2,8,9,10). The molecule has 7 N–H and O–H groups in total. The lowest BCUT2D eigenvalue weighted by atomic mass is 10.3. The highest BCUT2D eigenvalue weighted by Gasteiger charge is 2.17. The zero-order chi connectivity index (χ0) is 32.1. The molecule has 0 aliphatic carbocycles. The van der Waals surface area contributed by atoms with Crippen LogP contribution in [0.15, 0.2) is 58.3 Å². The van der Waals surface area contributed by atoms with E-state index in [9.17, 15) is 26.4 Å². The Morgan fingerprint density at radius 1 is 0.756 bits per heavy atom. The molecular formula is C24H41ClN4O8S2Si2. The van der Waals surface area contributed by atoms with Crippen LogP contribution in [0.5, 0.6) is 0 Å². The Morgan fingerprint density at radius 2 is 1.17 bits per heavy atom. The van der Waals surface area contributed by atoms with Crippen molar-refractivity contribution < 1.29 is 35.9 Å². The Balaban J connectivity index is 0.000000644. The Kier molecular flexibility index (Phi) is 15.8. The van der Waals surface area contributed by atoms with Crippen LogP contribution in [0.1, 0.15) is 0 Å². The first kappa shape index (κ1) is 38.5. The first-order chi connectivity index (χ1) is 18.5. The average Bonchev–Trinajstić information content (AvgIpc) is 2.77. The maximum absolute atomic E-state index is 11.6. The summed E-state index contributed by atoms with van der Waals surface area (Å²) >= 11 is 4.96. The third kappa shape index (κ3) is 19.3. The van der Waals surface area contributed by atoms with E-state index in [1.54, 1.807) is 18.2 Å². The minimum atomic E-state index is -3.89. The van der Waals surface area contributed by atoms with E-state index in [0.717, 1.165) is 12.1 Å². The fourth-order valence-corrected chi connectivity index (χ4v) is 5.46. The van der Waals surface area contributed by atoms with Crippen molar-refractivity contribution in [1.29, 1.82) is 0 Å². The molecule has 0 aromatic heterocycles. The number of amides is 1. The third-order valence-corrected chi connectivity index (χ3v) is 10.3. The minimum Gasteiger partial charge on any atom is -0.454 e. The Hall–Kier alpha value is -2.48. The van der Waals surface area contributed by atoms with Crippen LogP contribution in [0.25, 0.3) is 0 Å². The lowest BCUT2D eigenvalue weighted by molar-refractivity contribution is 0.167. The van der Waals surface area contributed by atoms with Crippen LogP contribution in [-0.4, -0.2) is 57.7 Å². The molecule has 0 radical (unpaired) electrons. The molecule has 2 aromatic carbocycles. The van der Waals surface area contributed by atoms with Crippen molar-refractivity contribution in [1.82, 2.24) is 0 Å². The van der Waals surface area contributed by atoms with Gasteiger partial charge in [0.2, 0.25) is 20.0 Å². The minimum absolute atomic E-state index is 0.0278. The van der Waals surface area contributed by atoms with Gasteiger partial charge in [0.1, 0.15) is 9.79 Å². The van der Waals surface area contributed by atoms with Crippen LogP contribution in [0.2, 0.25) is 51.4 Å². The molecule has 2 aromatic rings. The predicted octanol–water partition coefficient (Wildman–Crippen LogP) is 4.84. The van der Waals surface area contributed by atoms with Crippen LogP contribution >= 0.6 is 11.6 Å². The molecule has 0 saturated carbocycles. The van der Waals surface area contributed by atoms with Crippen LogP contribution in [0.4, 0.5) is 21.0 Å². The lowest BCUT2D eigenvalue weighted by Crippen LogP contribution is -2.24. The van der Waals surface area contributed by atoms with Crippen LogP contribution in [-0.2, 0) is 29.5 Å². The maximum Gasteiger partial charge on any atom is 0.411 e. The summed E-state index contributed by atoms with van der Waals surface area (Å²) in [6, 6.07) is 13.8. The van der Waals surface area contributed by atoms with Gasteiger partial charge in [-0.25, -0.2) is 36.7 Å². The SMILES string of the molecule is C[Si](C)(C)CCOC(=O)Cl.C[Si](C)(C)CCOC(=O)Nc1ccccc1S(N)(=O)=O.Nc1ccccc1S(N)(=O)=O. The second-order valence-corrected chi connectivity index (χ2v) is 25.7. The number of anilines is 2. The number of carbonyl (C=O) groups is 2. The average molecular weight is 669 g/mol. The number of benzene rings is 2. The molecular weight excluding hydrogens is 628 g/mol. The Bertz CT molecular complexity index is 1360. The molecule has 2 rings (SSSR count). The number of hydrogen-bond donors (Lipinski definition) is 4. The molecule has 0 heterocycles. The molecule has 232 valence electrons. The first-order valence-electron chi connectivity index (χ1n) is 12.3. The van der Waals surface area contributed by atoms with Gasteiger partial charge in [0.25, 0.3) is 0 Å². The second kappa shape index (κ2) is 16.8. The fraction of sp³-hybridized carbons (Fsp3) is 0.417. The van der Waals surface area contributed by atoms with Gasteiger partial charge in [-0.2, -0.15) is 0 Å². The number of carbonyl (C=O) groups excluding carboxylic acids is 2. The first-order valence-corrected chi connectivity index (χ1v) is 23.2. The normalized spacial score (nSPS) is 11.6. The summed E-state index contributed by atoms with van der Waals surface area (Å²) in [6.45, 7) is 14.0. The topological polar surface area (TPSA) is 211 Å². The van der Waals surface area contributed by atoms with Crippen molar-refractivity contribution in [2.75, 3.05) is 24.3 Å². The Morgan fingerprint density at radius 3 is 1.56 bits per heavy atom. The number of nitrogens with two attached hydrogens (primary N) is 3. The quantitative estimate of drug-likeness (QED) is 0.163. The lowest BCUT2D eigenvalue weighted by Gasteiger charge is -2.15. The smallest absolute Gasteiger partial charge is 0.411 e. The fourth-order valence-electron chi connectivity index (χ4n) is 2.59. The highest BCUT2D eigenvalue weighted by molar-refractivity contribution is 7.89. The largest absolute Gasteiger partial charge is 0.454 e. The van der Waals surface area contributed by atoms with Gasteiger partial charge in [0, 0.05) is 27.7 Å². The van der Waals surface area contributed by atoms with E-state index in [1.807, 2.05) is 0 Å². The molecule has 41 heavy (non-hydrogen) atoms. The van der Waals surface area contributed by atoms with E-state index >= 15 is 0 Å². The van der Waals surface area contributed by atoms with Crippen LogP contribution in [0.3, 0.4) is 0 Å². The summed E-state index contributed by atoms with van der Waals surface area (Å²) in [5.74, 6) is 0. The van der Waals surface area contributed by atoms with E-state index in [1.165, 1.54) is 30.3 Å². The summed E-state index contributed by atoms with van der Waals surface area (Å²) in [5.41, 5.74) is 4.95. The molecule has 12 nitrogen and oxygen atoms in total. The second-order valence-electron chi connectivity index (χ2n) is 11.1. The van der Waals surface area contributed by atoms with E-state index < -0.39 is 47.7 Å². The van der Waals surface area contributed by atoms with Gasteiger partial charge < -0.3 is 15.2 Å². The van der Waals surface area contributed by atoms with Gasteiger partial charge in [-0.05, 0) is 36.4 Å². The molecule has 0 spiro atoms. The van der Waals surface area contributed by atoms with Gasteiger partial charge in [-0.1, -0.05) is 63.5 Å². The molecule has 0 bridgehead atoms. The van der Waals surface area contributed by atoms with E-state index in [4.69, 9.17) is 32.3 Å². The Labute approximate surface area is 250 Å². The van der Waals surface area contributed by atoms with Gasteiger partial charge in [0.05, 0.1) is 24.6 Å². The van der Waals surface area contributed by atoms with Gasteiger partial charge >= 0.3 is 11.5 Å². The summed E-state index contributed by atoms with van der Waals surface area (Å²) in [4.78, 5) is 21.5. The number of ether oxygens (including phenoxy) is 2. The van der Waals surface area contributed by atoms with Crippen molar-refractivity contribution in [2.45, 2.75) is 61.2 Å². The zero-order valence-electron chi connectivity index (χ0n) is 24.1. The van der Waals surface area contributed by atoms with Crippen LogP contribution in [0, 0.1) is 0 Å². The summed E-state index contributed by atoms with van der Waals surface area (Å²) < 4.78 is 53.9. The zero-order valence-corrected chi connectivity index (χ0v) is 28.5. The number of hydrogen-bond acceptors (Lipinski definition) is 9. The molecule has 0 unspecified atom stereocenters. The highest BCUT2D eigenvalue weighted by atomic mass is 35.5. The van der Waals surface area contributed by atoms with Gasteiger partial charge in [0.15, 0.2) is 0 Å². The predicted molar refractivity (Wildman–Crippen MR) is 169 cm³/mol.